The SMILES string of the molecule is CNCc1nnc(C(=O)N2CCN(CCCN3CCCC3)CC2)o1. The third-order valence-corrected chi connectivity index (χ3v) is 4.78. The predicted molar refractivity (Wildman–Crippen MR) is 89.7 cm³/mol. The molecule has 1 aromatic rings. The highest BCUT2D eigenvalue weighted by Crippen LogP contribution is 2.10. The number of piperazine rings is 1. The Kier molecular flexibility index (Phi) is 6.17. The van der Waals surface area contributed by atoms with Gasteiger partial charge in [0.15, 0.2) is 0 Å². The summed E-state index contributed by atoms with van der Waals surface area (Å²) in [5, 5.41) is 10.7. The summed E-state index contributed by atoms with van der Waals surface area (Å²) in [6.45, 7) is 8.63. The standard InChI is InChI=1S/C16H28N6O2/c1-17-13-14-18-19-15(24-14)16(23)22-11-9-21(10-12-22)8-4-7-20-5-2-3-6-20/h17H,2-13H2,1H3. The summed E-state index contributed by atoms with van der Waals surface area (Å²) in [6, 6.07) is 0. The molecule has 1 amide bonds. The van der Waals surface area contributed by atoms with Gasteiger partial charge < -0.3 is 19.5 Å². The summed E-state index contributed by atoms with van der Waals surface area (Å²) in [4.78, 5) is 19.2. The lowest BCUT2D eigenvalue weighted by Crippen LogP contribution is -2.49. The second kappa shape index (κ2) is 8.55. The van der Waals surface area contributed by atoms with Crippen LogP contribution in [0.2, 0.25) is 0 Å². The largest absolute Gasteiger partial charge is 0.415 e. The van der Waals surface area contributed by atoms with Crippen LogP contribution >= 0.6 is 0 Å². The molecule has 0 atom stereocenters. The average molecular weight is 336 g/mol. The maximum Gasteiger partial charge on any atom is 0.311 e. The molecule has 0 bridgehead atoms. The van der Waals surface area contributed by atoms with Crippen molar-refractivity contribution in [1.82, 2.24) is 30.2 Å². The van der Waals surface area contributed by atoms with Crippen LogP contribution in [0.15, 0.2) is 4.42 Å². The second-order valence-electron chi connectivity index (χ2n) is 6.57. The highest BCUT2D eigenvalue weighted by molar-refractivity contribution is 5.89. The molecule has 0 saturated carbocycles. The molecule has 0 radical (unpaired) electrons. The van der Waals surface area contributed by atoms with Crippen molar-refractivity contribution in [3.63, 3.8) is 0 Å². The lowest BCUT2D eigenvalue weighted by atomic mass is 10.2. The van der Waals surface area contributed by atoms with Crippen LogP contribution in [0.1, 0.15) is 35.8 Å². The molecule has 0 unspecified atom stereocenters. The molecule has 2 fully saturated rings. The Bertz CT molecular complexity index is 520. The molecule has 24 heavy (non-hydrogen) atoms. The molecule has 8 nitrogen and oxygen atoms in total. The monoisotopic (exact) mass is 336 g/mol. The van der Waals surface area contributed by atoms with Gasteiger partial charge in [-0.15, -0.1) is 10.2 Å². The van der Waals surface area contributed by atoms with E-state index in [9.17, 15) is 4.79 Å². The number of nitrogens with zero attached hydrogens (tertiary/aromatic N) is 5. The molecule has 0 aliphatic carbocycles. The van der Waals surface area contributed by atoms with Gasteiger partial charge in [0.05, 0.1) is 6.54 Å². The van der Waals surface area contributed by atoms with E-state index in [-0.39, 0.29) is 11.8 Å². The van der Waals surface area contributed by atoms with E-state index in [1.807, 2.05) is 4.90 Å². The molecule has 0 spiro atoms. The van der Waals surface area contributed by atoms with Gasteiger partial charge in [-0.1, -0.05) is 0 Å². The van der Waals surface area contributed by atoms with Crippen LogP contribution < -0.4 is 5.32 Å². The number of hydrogen-bond acceptors (Lipinski definition) is 7. The van der Waals surface area contributed by atoms with Crippen LogP contribution in [0.3, 0.4) is 0 Å². The Morgan fingerprint density at radius 2 is 1.71 bits per heavy atom. The van der Waals surface area contributed by atoms with Crippen LogP contribution in [0.25, 0.3) is 0 Å². The Labute approximate surface area is 143 Å². The number of hydrogen-bond donors (Lipinski definition) is 1. The molecule has 8 heteroatoms. The van der Waals surface area contributed by atoms with Gasteiger partial charge in [0.25, 0.3) is 0 Å². The smallest absolute Gasteiger partial charge is 0.311 e. The average Bonchev–Trinajstić information content (AvgIpc) is 3.27. The van der Waals surface area contributed by atoms with E-state index in [2.05, 4.69) is 25.3 Å². The summed E-state index contributed by atoms with van der Waals surface area (Å²) in [6.07, 6.45) is 3.92. The minimum absolute atomic E-state index is 0.0998. The quantitative estimate of drug-likeness (QED) is 0.753. The highest BCUT2D eigenvalue weighted by Gasteiger charge is 2.26. The number of rotatable bonds is 7. The number of carbonyl (C=O) groups excluding carboxylic acids is 1. The maximum absolute atomic E-state index is 12.4. The summed E-state index contributed by atoms with van der Waals surface area (Å²) in [5.41, 5.74) is 0. The van der Waals surface area contributed by atoms with E-state index in [4.69, 9.17) is 4.42 Å². The zero-order valence-corrected chi connectivity index (χ0v) is 14.5. The van der Waals surface area contributed by atoms with Gasteiger partial charge in [0.2, 0.25) is 5.89 Å². The first-order valence-electron chi connectivity index (χ1n) is 8.97. The minimum atomic E-state index is -0.151. The van der Waals surface area contributed by atoms with Gasteiger partial charge in [-0.05, 0) is 52.5 Å². The van der Waals surface area contributed by atoms with Crippen molar-refractivity contribution in [1.29, 1.82) is 0 Å². The first kappa shape index (κ1) is 17.3. The lowest BCUT2D eigenvalue weighted by molar-refractivity contribution is 0.0592. The fourth-order valence-corrected chi connectivity index (χ4v) is 3.40. The Morgan fingerprint density at radius 1 is 1.04 bits per heavy atom. The second-order valence-corrected chi connectivity index (χ2v) is 6.57. The molecule has 3 heterocycles. The summed E-state index contributed by atoms with van der Waals surface area (Å²) >= 11 is 0. The Balaban J connectivity index is 1.38. The number of carbonyl (C=O) groups is 1. The molecule has 2 saturated heterocycles. The van der Waals surface area contributed by atoms with E-state index < -0.39 is 0 Å². The minimum Gasteiger partial charge on any atom is -0.415 e. The van der Waals surface area contributed by atoms with Crippen LogP contribution in [-0.2, 0) is 6.54 Å². The van der Waals surface area contributed by atoms with Gasteiger partial charge in [-0.25, -0.2) is 0 Å². The van der Waals surface area contributed by atoms with Gasteiger partial charge in [0, 0.05) is 26.2 Å². The Morgan fingerprint density at radius 3 is 2.38 bits per heavy atom. The van der Waals surface area contributed by atoms with E-state index in [1.165, 1.54) is 38.9 Å². The van der Waals surface area contributed by atoms with Crippen molar-refractivity contribution >= 4 is 5.91 Å². The van der Waals surface area contributed by atoms with Gasteiger partial charge in [-0.2, -0.15) is 0 Å². The number of nitrogens with one attached hydrogen (secondary N) is 1. The molecule has 2 aliphatic heterocycles. The molecule has 1 aromatic heterocycles. The van der Waals surface area contributed by atoms with E-state index in [1.54, 1.807) is 7.05 Å². The first-order valence-corrected chi connectivity index (χ1v) is 8.97. The zero-order chi connectivity index (χ0) is 16.8. The fourth-order valence-electron chi connectivity index (χ4n) is 3.40. The summed E-state index contributed by atoms with van der Waals surface area (Å²) in [7, 11) is 1.80. The third kappa shape index (κ3) is 4.52. The van der Waals surface area contributed by atoms with Gasteiger partial charge >= 0.3 is 11.8 Å². The first-order chi connectivity index (χ1) is 11.8. The van der Waals surface area contributed by atoms with E-state index in [0.717, 1.165) is 32.7 Å². The lowest BCUT2D eigenvalue weighted by Gasteiger charge is -2.34. The van der Waals surface area contributed by atoms with Crippen LogP contribution in [0, 0.1) is 0 Å². The van der Waals surface area contributed by atoms with Crippen molar-refractivity contribution < 1.29 is 9.21 Å². The number of likely N-dealkylation sites (tertiary alicyclic amines) is 1. The van der Waals surface area contributed by atoms with Crippen LogP contribution in [0.5, 0.6) is 0 Å². The fraction of sp³-hybridized carbons (Fsp3) is 0.812. The predicted octanol–water partition coefficient (Wildman–Crippen LogP) is 0.0327. The molecule has 134 valence electrons. The third-order valence-electron chi connectivity index (χ3n) is 4.78. The van der Waals surface area contributed by atoms with Crippen molar-refractivity contribution in [2.24, 2.45) is 0 Å². The summed E-state index contributed by atoms with van der Waals surface area (Å²) < 4.78 is 5.39. The van der Waals surface area contributed by atoms with Crippen LogP contribution in [0.4, 0.5) is 0 Å². The maximum atomic E-state index is 12.4. The van der Waals surface area contributed by atoms with Crippen molar-refractivity contribution in [2.75, 3.05) is 59.4 Å². The number of aromatic nitrogens is 2. The molecule has 0 aromatic carbocycles. The molecule has 1 N–H and O–H groups in total. The van der Waals surface area contributed by atoms with Crippen molar-refractivity contribution in [3.05, 3.63) is 11.8 Å². The number of amides is 1. The van der Waals surface area contributed by atoms with Crippen molar-refractivity contribution in [2.45, 2.75) is 25.8 Å². The van der Waals surface area contributed by atoms with E-state index in [0.29, 0.717) is 12.4 Å². The highest BCUT2D eigenvalue weighted by atomic mass is 16.4. The van der Waals surface area contributed by atoms with E-state index >= 15 is 0 Å². The summed E-state index contributed by atoms with van der Waals surface area (Å²) in [5.74, 6) is 0.394. The molecule has 3 rings (SSSR count). The van der Waals surface area contributed by atoms with Crippen molar-refractivity contribution in [3.8, 4) is 0 Å². The zero-order valence-electron chi connectivity index (χ0n) is 14.5. The van der Waals surface area contributed by atoms with Gasteiger partial charge in [-0.3, -0.25) is 9.69 Å². The molecular formula is C16H28N6O2. The van der Waals surface area contributed by atoms with Gasteiger partial charge in [0.1, 0.15) is 0 Å². The molecule has 2 aliphatic rings. The normalized spacial score (nSPS) is 20.0. The molecular weight excluding hydrogens is 308 g/mol. The van der Waals surface area contributed by atoms with Crippen LogP contribution in [-0.4, -0.2) is 90.2 Å². The topological polar surface area (TPSA) is 77.7 Å². The Hall–Kier alpha value is -1.51.